The monoisotopic (exact) mass is 576 g/mol. The maximum atomic E-state index is 15.0. The van der Waals surface area contributed by atoms with Crippen molar-refractivity contribution in [2.45, 2.75) is 33.8 Å². The van der Waals surface area contributed by atoms with Crippen molar-refractivity contribution in [2.75, 3.05) is 18.5 Å². The van der Waals surface area contributed by atoms with Gasteiger partial charge in [0.2, 0.25) is 0 Å². The number of esters is 1. The maximum absolute atomic E-state index is 15.0. The van der Waals surface area contributed by atoms with Crippen LogP contribution in [0.25, 0.3) is 31.8 Å². The molecule has 0 aliphatic heterocycles. The van der Waals surface area contributed by atoms with Crippen molar-refractivity contribution in [2.24, 2.45) is 0 Å². The fourth-order valence-corrected chi connectivity index (χ4v) is 4.91. The number of rotatable bonds is 8. The third kappa shape index (κ3) is 6.35. The smallest absolute Gasteiger partial charge is 0.411 e. The van der Waals surface area contributed by atoms with Crippen molar-refractivity contribution in [1.82, 2.24) is 24.9 Å². The van der Waals surface area contributed by atoms with E-state index in [4.69, 9.17) is 14.2 Å². The highest BCUT2D eigenvalue weighted by atomic mass is 32.1. The van der Waals surface area contributed by atoms with E-state index in [1.54, 1.807) is 26.8 Å². The number of anilines is 1. The average Bonchev–Trinajstić information content (AvgIpc) is 3.35. The number of halogens is 1. The molecule has 0 fully saturated rings. The first-order valence-electron chi connectivity index (χ1n) is 12.6. The molecule has 5 aromatic rings. The van der Waals surface area contributed by atoms with Crippen LogP contribution in [-0.4, -0.2) is 56.3 Å². The molecule has 5 rings (SSSR count). The molecule has 41 heavy (non-hydrogen) atoms. The molecule has 11 nitrogen and oxygen atoms in total. The predicted molar refractivity (Wildman–Crippen MR) is 151 cm³/mol. The molecule has 0 bridgehead atoms. The van der Waals surface area contributed by atoms with Gasteiger partial charge in [-0.3, -0.25) is 10.3 Å². The molecule has 0 aliphatic rings. The first-order valence-corrected chi connectivity index (χ1v) is 13.5. The van der Waals surface area contributed by atoms with Crippen molar-refractivity contribution in [3.63, 3.8) is 0 Å². The molecular weight excluding hydrogens is 551 g/mol. The number of carbonyl (C=O) groups is 2. The van der Waals surface area contributed by atoms with Gasteiger partial charge in [-0.15, -0.1) is 11.3 Å². The Kier molecular flexibility index (Phi) is 7.97. The first kappa shape index (κ1) is 27.8. The van der Waals surface area contributed by atoms with E-state index in [2.05, 4.69) is 30.2 Å². The predicted octanol–water partition coefficient (Wildman–Crippen LogP) is 5.65. The second-order valence-electron chi connectivity index (χ2n) is 9.10. The number of aryl methyl sites for hydroxylation is 2. The van der Waals surface area contributed by atoms with E-state index in [1.807, 2.05) is 19.1 Å². The van der Waals surface area contributed by atoms with E-state index in [0.717, 1.165) is 5.56 Å². The minimum atomic E-state index is -0.709. The molecule has 0 aliphatic carbocycles. The van der Waals surface area contributed by atoms with Crippen LogP contribution >= 0.6 is 11.3 Å². The van der Waals surface area contributed by atoms with Gasteiger partial charge in [0.05, 0.1) is 52.1 Å². The van der Waals surface area contributed by atoms with Crippen LogP contribution in [0.5, 0.6) is 5.75 Å². The number of hydrogen-bond acceptors (Lipinski definition) is 11. The van der Waals surface area contributed by atoms with Gasteiger partial charge in [0.15, 0.2) is 17.3 Å². The van der Waals surface area contributed by atoms with Crippen molar-refractivity contribution in [3.05, 3.63) is 65.8 Å². The van der Waals surface area contributed by atoms with Gasteiger partial charge < -0.3 is 14.2 Å². The number of aromatic nitrogens is 5. The Balaban J connectivity index is 1.33. The van der Waals surface area contributed by atoms with Crippen LogP contribution in [0.1, 0.15) is 35.7 Å². The minimum absolute atomic E-state index is 0.00381. The molecule has 0 saturated heterocycles. The van der Waals surface area contributed by atoms with Crippen molar-refractivity contribution in [3.8, 4) is 16.3 Å². The van der Waals surface area contributed by atoms with Crippen LogP contribution in [0, 0.1) is 19.7 Å². The highest BCUT2D eigenvalue weighted by Crippen LogP contribution is 2.37. The van der Waals surface area contributed by atoms with Crippen LogP contribution < -0.4 is 10.1 Å². The number of thiazole rings is 1. The van der Waals surface area contributed by atoms with Crippen LogP contribution in [0.4, 0.5) is 14.9 Å². The van der Waals surface area contributed by atoms with Gasteiger partial charge in [-0.2, -0.15) is 0 Å². The molecule has 0 spiro atoms. The van der Waals surface area contributed by atoms with Gasteiger partial charge in [-0.1, -0.05) is 0 Å². The largest absolute Gasteiger partial charge is 0.484 e. The van der Waals surface area contributed by atoms with E-state index in [0.29, 0.717) is 43.3 Å². The van der Waals surface area contributed by atoms with E-state index in [-0.39, 0.29) is 24.7 Å². The van der Waals surface area contributed by atoms with Gasteiger partial charge >= 0.3 is 12.1 Å². The molecule has 3 heterocycles. The quantitative estimate of drug-likeness (QED) is 0.231. The van der Waals surface area contributed by atoms with Crippen molar-refractivity contribution >= 4 is 50.3 Å². The molecule has 13 heteroatoms. The van der Waals surface area contributed by atoms with E-state index >= 15 is 0 Å². The number of nitrogens with zero attached hydrogens (tertiary/aromatic N) is 5. The molecule has 210 valence electrons. The summed E-state index contributed by atoms with van der Waals surface area (Å²) >= 11 is 1.34. The zero-order chi connectivity index (χ0) is 29.1. The highest BCUT2D eigenvalue weighted by Gasteiger charge is 2.18. The molecule has 0 radical (unpaired) electrons. The van der Waals surface area contributed by atoms with Crippen LogP contribution in [0.3, 0.4) is 0 Å². The zero-order valence-electron chi connectivity index (χ0n) is 22.6. The minimum Gasteiger partial charge on any atom is -0.484 e. The summed E-state index contributed by atoms with van der Waals surface area (Å²) in [5, 5.41) is 3.13. The highest BCUT2D eigenvalue weighted by molar-refractivity contribution is 7.21. The van der Waals surface area contributed by atoms with Gasteiger partial charge in [-0.05, 0) is 45.4 Å². The fraction of sp³-hybridized carbons (Fsp3) is 0.250. The molecule has 1 amide bonds. The maximum Gasteiger partial charge on any atom is 0.411 e. The lowest BCUT2D eigenvalue weighted by Crippen LogP contribution is -2.24. The second kappa shape index (κ2) is 11.8. The second-order valence-corrected chi connectivity index (χ2v) is 10.1. The van der Waals surface area contributed by atoms with E-state index in [1.165, 1.54) is 36.0 Å². The SMILES string of the molecule is CCOC(=O)c1cnc2c(-c3nc4cc(F)c(OC(C)COC(=O)Nc5cnc(C)nc5)cc4s3)cc(C)cc2n1. The standard InChI is InChI=1S/C28H25FN6O5S/c1-5-38-27(36)22-12-32-25-18(6-14(2)7-21(25)34-22)26-35-20-8-19(29)23(9-24(20)41-26)40-15(3)13-39-28(37)33-17-10-30-16(4)31-11-17/h6-12,15H,5,13H2,1-4H3,(H,33,37). The van der Waals surface area contributed by atoms with Crippen LogP contribution in [0.15, 0.2) is 42.9 Å². The summed E-state index contributed by atoms with van der Waals surface area (Å²) in [6.45, 7) is 7.12. The van der Waals surface area contributed by atoms with Crippen LogP contribution in [0.2, 0.25) is 0 Å². The lowest BCUT2D eigenvalue weighted by atomic mass is 10.1. The number of fused-ring (bicyclic) bond motifs is 2. The first-order chi connectivity index (χ1) is 19.7. The average molecular weight is 577 g/mol. The Morgan fingerprint density at radius 3 is 2.54 bits per heavy atom. The summed E-state index contributed by atoms with van der Waals surface area (Å²) in [6.07, 6.45) is 2.95. The van der Waals surface area contributed by atoms with E-state index in [9.17, 15) is 14.0 Å². The van der Waals surface area contributed by atoms with Crippen molar-refractivity contribution < 1.29 is 28.2 Å². The molecule has 0 saturated carbocycles. The molecule has 1 unspecified atom stereocenters. The molecule has 1 N–H and O–H groups in total. The Hall–Kier alpha value is -4.78. The number of nitrogens with one attached hydrogen (secondary N) is 1. The number of ether oxygens (including phenoxy) is 3. The molecule has 2 aromatic carbocycles. The van der Waals surface area contributed by atoms with Gasteiger partial charge in [0.25, 0.3) is 0 Å². The van der Waals surface area contributed by atoms with Gasteiger partial charge in [0, 0.05) is 17.7 Å². The summed E-state index contributed by atoms with van der Waals surface area (Å²) in [5.41, 5.74) is 3.63. The summed E-state index contributed by atoms with van der Waals surface area (Å²) in [7, 11) is 0. The summed E-state index contributed by atoms with van der Waals surface area (Å²) < 4.78 is 31.6. The zero-order valence-corrected chi connectivity index (χ0v) is 23.4. The molecule has 3 aromatic heterocycles. The normalized spacial score (nSPS) is 11.8. The lowest BCUT2D eigenvalue weighted by Gasteiger charge is -2.15. The topological polar surface area (TPSA) is 138 Å². The third-order valence-electron chi connectivity index (χ3n) is 5.75. The number of carbonyl (C=O) groups excluding carboxylic acids is 2. The summed E-state index contributed by atoms with van der Waals surface area (Å²) in [5.74, 6) is -0.572. The summed E-state index contributed by atoms with van der Waals surface area (Å²) in [4.78, 5) is 45.7. The Bertz CT molecular complexity index is 1760. The Morgan fingerprint density at radius 2 is 1.78 bits per heavy atom. The number of benzene rings is 2. The number of amides is 1. The molecule has 1 atom stereocenters. The Labute approximate surface area is 237 Å². The third-order valence-corrected chi connectivity index (χ3v) is 6.80. The van der Waals surface area contributed by atoms with Crippen LogP contribution in [-0.2, 0) is 9.47 Å². The van der Waals surface area contributed by atoms with Gasteiger partial charge in [-0.25, -0.2) is 33.9 Å². The van der Waals surface area contributed by atoms with Crippen molar-refractivity contribution in [1.29, 1.82) is 0 Å². The number of hydrogen-bond donors (Lipinski definition) is 1. The lowest BCUT2D eigenvalue weighted by molar-refractivity contribution is 0.0519. The van der Waals surface area contributed by atoms with Gasteiger partial charge in [0.1, 0.15) is 23.5 Å². The van der Waals surface area contributed by atoms with E-state index < -0.39 is 24.0 Å². The summed E-state index contributed by atoms with van der Waals surface area (Å²) in [6, 6.07) is 6.60. The molecular formula is C28H25FN6O5S. The Morgan fingerprint density at radius 1 is 1.00 bits per heavy atom. The fourth-order valence-electron chi connectivity index (χ4n) is 3.92.